The van der Waals surface area contributed by atoms with E-state index in [-0.39, 0.29) is 0 Å². The lowest BCUT2D eigenvalue weighted by molar-refractivity contribution is 0.781. The molecule has 0 saturated heterocycles. The number of aliphatic imine (C=N–C) groups is 1. The van der Waals surface area contributed by atoms with Crippen LogP contribution in [0.15, 0.2) is 53.9 Å². The Morgan fingerprint density at radius 3 is 2.89 bits per heavy atom. The van der Waals surface area contributed by atoms with E-state index < -0.39 is 0 Å². The molecule has 0 bridgehead atoms. The highest BCUT2D eigenvalue weighted by Crippen LogP contribution is 2.10. The molecule has 0 atom stereocenters. The summed E-state index contributed by atoms with van der Waals surface area (Å²) in [5.41, 5.74) is 4.07. The van der Waals surface area contributed by atoms with Gasteiger partial charge in [-0.05, 0) is 37.6 Å². The lowest BCUT2D eigenvalue weighted by Gasteiger charge is -2.10. The van der Waals surface area contributed by atoms with Crippen LogP contribution in [0.3, 0.4) is 0 Å². The molecule has 0 aliphatic rings. The molecule has 0 saturated carbocycles. The number of pyridine rings is 2. The molecule has 4 rings (SSSR count). The lowest BCUT2D eigenvalue weighted by Crippen LogP contribution is -2.38. The van der Waals surface area contributed by atoms with Crippen molar-refractivity contribution < 1.29 is 0 Å². The van der Waals surface area contributed by atoms with E-state index >= 15 is 0 Å². The molecule has 144 valence electrons. The largest absolute Gasteiger partial charge is 0.357 e. The molecule has 8 nitrogen and oxygen atoms in total. The van der Waals surface area contributed by atoms with Crippen LogP contribution in [0.1, 0.15) is 24.0 Å². The molecule has 0 radical (unpaired) electrons. The van der Waals surface area contributed by atoms with E-state index in [1.165, 1.54) is 5.56 Å². The first-order valence-corrected chi connectivity index (χ1v) is 9.48. The van der Waals surface area contributed by atoms with Gasteiger partial charge in [0.2, 0.25) is 0 Å². The third-order valence-corrected chi connectivity index (χ3v) is 4.51. The van der Waals surface area contributed by atoms with Crippen molar-refractivity contribution in [3.05, 3.63) is 66.0 Å². The standard InChI is InChI=1S/C20H24N8/c1-3-21-20(23-13-18-26-25-17-8-4-5-12-28(17)18)22-10-9-16-14-27-11-6-7-15(2)19(27)24-16/h4-8,11-12,14H,3,9-10,13H2,1-2H3,(H2,21,22,23). The summed E-state index contributed by atoms with van der Waals surface area (Å²) in [4.78, 5) is 9.36. The molecule has 4 heterocycles. The van der Waals surface area contributed by atoms with Gasteiger partial charge in [-0.25, -0.2) is 9.98 Å². The second kappa shape index (κ2) is 8.08. The lowest BCUT2D eigenvalue weighted by atomic mass is 10.3. The summed E-state index contributed by atoms with van der Waals surface area (Å²) >= 11 is 0. The average molecular weight is 376 g/mol. The normalized spacial score (nSPS) is 12.0. The number of rotatable bonds is 6. The average Bonchev–Trinajstić information content (AvgIpc) is 3.31. The molecule has 4 aromatic rings. The van der Waals surface area contributed by atoms with Crippen LogP contribution < -0.4 is 10.6 Å². The van der Waals surface area contributed by atoms with Crippen LogP contribution >= 0.6 is 0 Å². The fourth-order valence-corrected chi connectivity index (χ4v) is 3.12. The van der Waals surface area contributed by atoms with Crippen molar-refractivity contribution >= 4 is 17.3 Å². The van der Waals surface area contributed by atoms with Gasteiger partial charge in [0.05, 0.1) is 5.69 Å². The molecule has 0 spiro atoms. The first kappa shape index (κ1) is 18.0. The van der Waals surface area contributed by atoms with Gasteiger partial charge >= 0.3 is 0 Å². The van der Waals surface area contributed by atoms with Crippen LogP contribution in [-0.2, 0) is 13.0 Å². The minimum absolute atomic E-state index is 0.452. The first-order chi connectivity index (χ1) is 13.7. The van der Waals surface area contributed by atoms with Gasteiger partial charge in [0.1, 0.15) is 12.2 Å². The summed E-state index contributed by atoms with van der Waals surface area (Å²) in [5, 5.41) is 15.0. The van der Waals surface area contributed by atoms with Gasteiger partial charge in [0.25, 0.3) is 0 Å². The first-order valence-electron chi connectivity index (χ1n) is 9.48. The Hall–Kier alpha value is -3.42. The SMILES string of the molecule is CCNC(=NCc1nnc2ccccn12)NCCc1cn2cccc(C)c2n1. The summed E-state index contributed by atoms with van der Waals surface area (Å²) in [5.74, 6) is 1.57. The van der Waals surface area contributed by atoms with Crippen LogP contribution in [0.4, 0.5) is 0 Å². The van der Waals surface area contributed by atoms with Crippen molar-refractivity contribution in [3.63, 3.8) is 0 Å². The molecule has 0 unspecified atom stereocenters. The second-order valence-corrected chi connectivity index (χ2v) is 6.57. The number of aromatic nitrogens is 5. The van der Waals surface area contributed by atoms with Crippen molar-refractivity contribution in [2.75, 3.05) is 13.1 Å². The van der Waals surface area contributed by atoms with E-state index in [9.17, 15) is 0 Å². The summed E-state index contributed by atoms with van der Waals surface area (Å²) in [6.07, 6.45) is 6.88. The van der Waals surface area contributed by atoms with Crippen LogP contribution in [-0.4, -0.2) is 43.0 Å². The van der Waals surface area contributed by atoms with Gasteiger partial charge in [0, 0.05) is 38.1 Å². The molecule has 8 heteroatoms. The van der Waals surface area contributed by atoms with Gasteiger partial charge in [-0.2, -0.15) is 0 Å². The molecule has 0 fully saturated rings. The van der Waals surface area contributed by atoms with Gasteiger partial charge in [-0.1, -0.05) is 12.1 Å². The molecule has 0 amide bonds. The molecule has 0 aliphatic carbocycles. The van der Waals surface area contributed by atoms with Gasteiger partial charge in [-0.15, -0.1) is 10.2 Å². The predicted octanol–water partition coefficient (Wildman–Crippen LogP) is 1.98. The molecule has 0 aromatic carbocycles. The zero-order valence-corrected chi connectivity index (χ0v) is 16.1. The monoisotopic (exact) mass is 376 g/mol. The maximum Gasteiger partial charge on any atom is 0.191 e. The quantitative estimate of drug-likeness (QED) is 0.397. The Morgan fingerprint density at radius 2 is 2.04 bits per heavy atom. The number of hydrogen-bond donors (Lipinski definition) is 2. The number of guanidine groups is 1. The number of fused-ring (bicyclic) bond motifs is 2. The number of hydrogen-bond acceptors (Lipinski definition) is 4. The van der Waals surface area contributed by atoms with E-state index in [0.717, 1.165) is 48.3 Å². The number of nitrogens with one attached hydrogen (secondary N) is 2. The minimum Gasteiger partial charge on any atom is -0.357 e. The molecular weight excluding hydrogens is 352 g/mol. The Labute approximate surface area is 163 Å². The van der Waals surface area contributed by atoms with Crippen molar-refractivity contribution in [3.8, 4) is 0 Å². The molecule has 4 aromatic heterocycles. The molecular formula is C20H24N8. The highest BCUT2D eigenvalue weighted by atomic mass is 15.3. The van der Waals surface area contributed by atoms with Gasteiger partial charge in [0.15, 0.2) is 17.4 Å². The summed E-state index contributed by atoms with van der Waals surface area (Å²) < 4.78 is 4.02. The Balaban J connectivity index is 1.40. The predicted molar refractivity (Wildman–Crippen MR) is 109 cm³/mol. The zero-order chi connectivity index (χ0) is 19.3. The summed E-state index contributed by atoms with van der Waals surface area (Å²) in [6.45, 7) is 6.12. The zero-order valence-electron chi connectivity index (χ0n) is 16.1. The Morgan fingerprint density at radius 1 is 1.11 bits per heavy atom. The number of imidazole rings is 1. The van der Waals surface area contributed by atoms with Crippen LogP contribution in [0, 0.1) is 6.92 Å². The smallest absolute Gasteiger partial charge is 0.191 e. The fourth-order valence-electron chi connectivity index (χ4n) is 3.12. The summed E-state index contributed by atoms with van der Waals surface area (Å²) in [7, 11) is 0. The topological polar surface area (TPSA) is 83.9 Å². The minimum atomic E-state index is 0.452. The Bertz CT molecular complexity index is 1110. The van der Waals surface area contributed by atoms with E-state index in [1.54, 1.807) is 0 Å². The van der Waals surface area contributed by atoms with Crippen molar-refractivity contribution in [2.24, 2.45) is 4.99 Å². The third-order valence-electron chi connectivity index (χ3n) is 4.51. The number of nitrogens with zero attached hydrogens (tertiary/aromatic N) is 6. The van der Waals surface area contributed by atoms with Crippen LogP contribution in [0.2, 0.25) is 0 Å². The molecule has 2 N–H and O–H groups in total. The molecule has 0 aliphatic heterocycles. The maximum absolute atomic E-state index is 4.72. The van der Waals surface area contributed by atoms with E-state index in [0.29, 0.717) is 6.54 Å². The highest BCUT2D eigenvalue weighted by Gasteiger charge is 2.06. The van der Waals surface area contributed by atoms with Gasteiger partial charge < -0.3 is 15.0 Å². The number of aryl methyl sites for hydroxylation is 1. The van der Waals surface area contributed by atoms with E-state index in [4.69, 9.17) is 4.98 Å². The maximum atomic E-state index is 4.72. The van der Waals surface area contributed by atoms with E-state index in [2.05, 4.69) is 56.3 Å². The second-order valence-electron chi connectivity index (χ2n) is 6.57. The third kappa shape index (κ3) is 3.80. The van der Waals surface area contributed by atoms with Gasteiger partial charge in [-0.3, -0.25) is 4.40 Å². The van der Waals surface area contributed by atoms with Crippen LogP contribution in [0.25, 0.3) is 11.3 Å². The summed E-state index contributed by atoms with van der Waals surface area (Å²) in [6, 6.07) is 9.96. The van der Waals surface area contributed by atoms with Crippen molar-refractivity contribution in [2.45, 2.75) is 26.8 Å². The van der Waals surface area contributed by atoms with Crippen LogP contribution in [0.5, 0.6) is 0 Å². The van der Waals surface area contributed by atoms with Crippen molar-refractivity contribution in [1.82, 2.24) is 34.6 Å². The fraction of sp³-hybridized carbons (Fsp3) is 0.300. The van der Waals surface area contributed by atoms with E-state index in [1.807, 2.05) is 41.1 Å². The molecule has 28 heavy (non-hydrogen) atoms. The van der Waals surface area contributed by atoms with Crippen molar-refractivity contribution in [1.29, 1.82) is 0 Å². The Kier molecular flexibility index (Phi) is 5.18. The highest BCUT2D eigenvalue weighted by molar-refractivity contribution is 5.79.